The molecule has 2 aromatic carbocycles. The Balaban J connectivity index is 1.78. The molecule has 0 amide bonds. The third kappa shape index (κ3) is 4.08. The maximum atomic E-state index is 14.4. The van der Waals surface area contributed by atoms with Crippen LogP contribution in [0.5, 0.6) is 5.75 Å². The maximum absolute atomic E-state index is 14.4. The van der Waals surface area contributed by atoms with E-state index in [9.17, 15) is 8.78 Å². The van der Waals surface area contributed by atoms with Crippen LogP contribution in [0.25, 0.3) is 15.6 Å². The summed E-state index contributed by atoms with van der Waals surface area (Å²) in [5.41, 5.74) is 2.12. The Kier molecular flexibility index (Phi) is 6.29. The van der Waals surface area contributed by atoms with E-state index in [-0.39, 0.29) is 26.3 Å². The van der Waals surface area contributed by atoms with Gasteiger partial charge in [0, 0.05) is 0 Å². The Hall–Kier alpha value is -1.90. The van der Waals surface area contributed by atoms with Crippen molar-refractivity contribution in [2.45, 2.75) is 33.1 Å². The molecule has 0 unspecified atom stereocenters. The van der Waals surface area contributed by atoms with Crippen LogP contribution in [0.3, 0.4) is 0 Å². The van der Waals surface area contributed by atoms with E-state index in [1.165, 1.54) is 28.9 Å². The molecule has 4 heteroatoms. The van der Waals surface area contributed by atoms with E-state index in [2.05, 4.69) is 19.1 Å². The van der Waals surface area contributed by atoms with Crippen LogP contribution in [0, 0.1) is 11.6 Å². The van der Waals surface area contributed by atoms with Gasteiger partial charge in [-0.05, 0) is 0 Å². The summed E-state index contributed by atoms with van der Waals surface area (Å²) in [6.45, 7) is 4.50. The fraction of sp³-hybridized carbons (Fsp3) is 0.273. The van der Waals surface area contributed by atoms with Gasteiger partial charge in [-0.25, -0.2) is 0 Å². The molecule has 0 saturated carbocycles. The van der Waals surface area contributed by atoms with Crippen molar-refractivity contribution in [2.24, 2.45) is 0 Å². The van der Waals surface area contributed by atoms with Gasteiger partial charge in [0.1, 0.15) is 0 Å². The van der Waals surface area contributed by atoms with E-state index < -0.39 is 11.6 Å². The van der Waals surface area contributed by atoms with E-state index in [1.54, 1.807) is 10.5 Å². The van der Waals surface area contributed by atoms with Crippen LogP contribution in [0.2, 0.25) is 0 Å². The minimum absolute atomic E-state index is 0.0271. The standard InChI is InChI=1S/C22H24F2OSe/c1-3-5-17-10-13-20(26-17)16-8-6-15(7-9-16)18-11-12-19(25-14-4-2)22(24)21(18)23/h6-13H,3-5,14,26H2,1-2H3. The number of benzene rings is 2. The molecule has 138 valence electrons. The first-order valence-electron chi connectivity index (χ1n) is 9.03. The molecule has 0 aromatic heterocycles. The van der Waals surface area contributed by atoms with E-state index in [4.69, 9.17) is 4.74 Å². The van der Waals surface area contributed by atoms with Crippen molar-refractivity contribution in [2.75, 3.05) is 6.61 Å². The number of ether oxygens (including phenoxy) is 1. The summed E-state index contributed by atoms with van der Waals surface area (Å²) in [6.07, 6.45) is 7.56. The van der Waals surface area contributed by atoms with E-state index in [0.717, 1.165) is 6.42 Å². The van der Waals surface area contributed by atoms with Crippen LogP contribution < -0.4 is 4.74 Å². The Morgan fingerprint density at radius 3 is 2.27 bits per heavy atom. The van der Waals surface area contributed by atoms with Gasteiger partial charge in [-0.1, -0.05) is 6.92 Å². The van der Waals surface area contributed by atoms with Crippen LogP contribution in [0.1, 0.15) is 38.7 Å². The van der Waals surface area contributed by atoms with Gasteiger partial charge in [-0.2, -0.15) is 0 Å². The molecule has 1 nitrogen and oxygen atoms in total. The summed E-state index contributed by atoms with van der Waals surface area (Å²) in [7, 11) is 0. The topological polar surface area (TPSA) is 9.23 Å². The van der Waals surface area contributed by atoms with Crippen LogP contribution in [0.15, 0.2) is 53.0 Å². The SMILES string of the molecule is CCCOc1ccc(-c2ccc(C3=CC=C(CCC)[SeH2]3)cc2)c(F)c1F. The predicted molar refractivity (Wildman–Crippen MR) is 107 cm³/mol. The summed E-state index contributed by atoms with van der Waals surface area (Å²) in [5, 5.41) is 0. The quantitative estimate of drug-likeness (QED) is 0.527. The average Bonchev–Trinajstić information content (AvgIpc) is 3.12. The van der Waals surface area contributed by atoms with E-state index >= 15 is 0 Å². The fourth-order valence-electron chi connectivity index (χ4n) is 2.93. The molecule has 0 atom stereocenters. The summed E-state index contributed by atoms with van der Waals surface area (Å²) in [4.78, 5) is 0. The van der Waals surface area contributed by atoms with Crippen molar-refractivity contribution in [3.8, 4) is 16.9 Å². The van der Waals surface area contributed by atoms with Gasteiger partial charge in [0.15, 0.2) is 0 Å². The molecule has 0 spiro atoms. The Bertz CT molecular complexity index is 838. The Morgan fingerprint density at radius 2 is 1.58 bits per heavy atom. The average molecular weight is 421 g/mol. The molecular formula is C22H24F2OSe. The van der Waals surface area contributed by atoms with Crippen LogP contribution in [-0.2, 0) is 0 Å². The predicted octanol–water partition coefficient (Wildman–Crippen LogP) is 5.63. The number of halogens is 2. The third-order valence-corrected chi connectivity index (χ3v) is 7.35. The zero-order valence-electron chi connectivity index (χ0n) is 15.1. The van der Waals surface area contributed by atoms with Crippen molar-refractivity contribution in [1.29, 1.82) is 0 Å². The van der Waals surface area contributed by atoms with Crippen LogP contribution in [-0.4, -0.2) is 21.6 Å². The van der Waals surface area contributed by atoms with Crippen molar-refractivity contribution in [3.63, 3.8) is 0 Å². The van der Waals surface area contributed by atoms with Gasteiger partial charge < -0.3 is 0 Å². The zero-order chi connectivity index (χ0) is 18.5. The molecule has 26 heavy (non-hydrogen) atoms. The van der Waals surface area contributed by atoms with Crippen LogP contribution in [0.4, 0.5) is 8.78 Å². The normalized spacial score (nSPS) is 15.1. The van der Waals surface area contributed by atoms with Crippen molar-refractivity contribution < 1.29 is 13.5 Å². The molecule has 0 saturated heterocycles. The monoisotopic (exact) mass is 422 g/mol. The van der Waals surface area contributed by atoms with Gasteiger partial charge in [0.05, 0.1) is 0 Å². The first-order valence-corrected chi connectivity index (χ1v) is 11.1. The molecule has 1 aliphatic rings. The second kappa shape index (κ2) is 8.66. The van der Waals surface area contributed by atoms with E-state index in [1.807, 2.05) is 31.2 Å². The first-order chi connectivity index (χ1) is 12.6. The first kappa shape index (κ1) is 18.9. The third-order valence-electron chi connectivity index (χ3n) is 4.28. The zero-order valence-corrected chi connectivity index (χ0v) is 17.2. The molecule has 0 radical (unpaired) electrons. The number of hydrogen-bond acceptors (Lipinski definition) is 1. The molecule has 0 fully saturated rings. The second-order valence-electron chi connectivity index (χ2n) is 6.31. The Labute approximate surface area is 159 Å². The molecule has 0 aliphatic carbocycles. The summed E-state index contributed by atoms with van der Waals surface area (Å²) >= 11 is -0.235. The van der Waals surface area contributed by atoms with Gasteiger partial charge in [0.25, 0.3) is 0 Å². The number of hydrogen-bond donors (Lipinski definition) is 0. The summed E-state index contributed by atoms with van der Waals surface area (Å²) < 4.78 is 36.9. The van der Waals surface area contributed by atoms with Gasteiger partial charge >= 0.3 is 153 Å². The molecule has 1 aliphatic heterocycles. The summed E-state index contributed by atoms with van der Waals surface area (Å²) in [5.74, 6) is -1.80. The molecule has 2 aromatic rings. The van der Waals surface area contributed by atoms with Crippen molar-refractivity contribution in [3.05, 3.63) is 70.2 Å². The van der Waals surface area contributed by atoms with Gasteiger partial charge in [-0.3, -0.25) is 0 Å². The molecule has 0 bridgehead atoms. The molecule has 0 N–H and O–H groups in total. The fourth-order valence-corrected chi connectivity index (χ4v) is 5.80. The van der Waals surface area contributed by atoms with Gasteiger partial charge in [-0.15, -0.1) is 0 Å². The molecule has 3 rings (SSSR count). The van der Waals surface area contributed by atoms with Crippen LogP contribution >= 0.6 is 0 Å². The number of rotatable bonds is 7. The van der Waals surface area contributed by atoms with E-state index in [0.29, 0.717) is 12.2 Å². The summed E-state index contributed by atoms with van der Waals surface area (Å²) in [6, 6.07) is 10.8. The minimum atomic E-state index is -0.918. The van der Waals surface area contributed by atoms with Gasteiger partial charge in [0.2, 0.25) is 0 Å². The number of allylic oxidation sites excluding steroid dienone is 3. The van der Waals surface area contributed by atoms with Crippen molar-refractivity contribution in [1.82, 2.24) is 0 Å². The molecule has 1 heterocycles. The molecular weight excluding hydrogens is 397 g/mol. The van der Waals surface area contributed by atoms with Crippen molar-refractivity contribution >= 4 is 19.4 Å². The second-order valence-corrected chi connectivity index (χ2v) is 9.31. The Morgan fingerprint density at radius 1 is 0.846 bits per heavy atom.